The van der Waals surface area contributed by atoms with Crippen molar-refractivity contribution in [3.8, 4) is 0 Å². The van der Waals surface area contributed by atoms with E-state index in [0.29, 0.717) is 12.0 Å². The zero-order valence-corrected chi connectivity index (χ0v) is 10.3. The Bertz CT molecular complexity index is 592. The molecule has 2 atom stereocenters. The number of rotatable bonds is 3. The van der Waals surface area contributed by atoms with E-state index in [0.717, 1.165) is 11.1 Å². The van der Waals surface area contributed by atoms with Crippen molar-refractivity contribution in [3.05, 3.63) is 71.3 Å². The zero-order valence-electron chi connectivity index (χ0n) is 10.3. The molecule has 0 radical (unpaired) electrons. The third kappa shape index (κ3) is 2.25. The van der Waals surface area contributed by atoms with Crippen molar-refractivity contribution in [1.29, 1.82) is 0 Å². The van der Waals surface area contributed by atoms with Gasteiger partial charge in [-0.1, -0.05) is 48.5 Å². The number of cyclic esters (lactones) is 1. The van der Waals surface area contributed by atoms with Crippen LogP contribution in [-0.2, 0) is 4.74 Å². The Hall–Kier alpha value is -2.13. The highest BCUT2D eigenvalue weighted by molar-refractivity contribution is 5.93. The van der Waals surface area contributed by atoms with E-state index in [4.69, 9.17) is 4.74 Å². The lowest BCUT2D eigenvalue weighted by Gasteiger charge is -2.16. The van der Waals surface area contributed by atoms with Crippen molar-refractivity contribution in [2.75, 3.05) is 0 Å². The lowest BCUT2D eigenvalue weighted by Crippen LogP contribution is -2.06. The summed E-state index contributed by atoms with van der Waals surface area (Å²) in [5, 5.41) is 10.2. The molecule has 1 N–H and O–H groups in total. The van der Waals surface area contributed by atoms with Crippen LogP contribution in [0.5, 0.6) is 0 Å². The van der Waals surface area contributed by atoms with Crippen molar-refractivity contribution < 1.29 is 14.6 Å². The standard InChI is InChI=1S/C16H14O3/c17-14(11-6-2-1-3-7-11)10-15-12-8-4-5-9-13(12)16(18)19-15/h1-9,14-15,17H,10H2/t14-,15?/m0/s1. The largest absolute Gasteiger partial charge is 0.454 e. The third-order valence-corrected chi connectivity index (χ3v) is 3.40. The Morgan fingerprint density at radius 3 is 2.53 bits per heavy atom. The second-order valence-electron chi connectivity index (χ2n) is 4.64. The summed E-state index contributed by atoms with van der Waals surface area (Å²) in [6.07, 6.45) is -0.615. The molecule has 0 spiro atoms. The predicted molar refractivity (Wildman–Crippen MR) is 70.6 cm³/mol. The van der Waals surface area contributed by atoms with Gasteiger partial charge in [0.2, 0.25) is 0 Å². The number of aliphatic hydroxyl groups excluding tert-OH is 1. The first kappa shape index (κ1) is 11.9. The van der Waals surface area contributed by atoms with Crippen molar-refractivity contribution in [3.63, 3.8) is 0 Å². The first-order valence-electron chi connectivity index (χ1n) is 6.28. The van der Waals surface area contributed by atoms with Crippen molar-refractivity contribution in [2.24, 2.45) is 0 Å². The Labute approximate surface area is 111 Å². The first-order valence-corrected chi connectivity index (χ1v) is 6.28. The maximum absolute atomic E-state index is 11.7. The fourth-order valence-corrected chi connectivity index (χ4v) is 2.41. The van der Waals surface area contributed by atoms with Gasteiger partial charge in [0.15, 0.2) is 0 Å². The molecule has 0 saturated carbocycles. The van der Waals surface area contributed by atoms with Gasteiger partial charge >= 0.3 is 5.97 Å². The molecule has 2 aromatic rings. The van der Waals surface area contributed by atoms with Gasteiger partial charge in [0.25, 0.3) is 0 Å². The third-order valence-electron chi connectivity index (χ3n) is 3.40. The normalized spacial score (nSPS) is 18.8. The van der Waals surface area contributed by atoms with E-state index in [1.54, 1.807) is 6.07 Å². The van der Waals surface area contributed by atoms with Crippen LogP contribution >= 0.6 is 0 Å². The van der Waals surface area contributed by atoms with Gasteiger partial charge in [-0.15, -0.1) is 0 Å². The highest BCUT2D eigenvalue weighted by Gasteiger charge is 2.32. The van der Waals surface area contributed by atoms with Crippen molar-refractivity contribution in [1.82, 2.24) is 0 Å². The van der Waals surface area contributed by atoms with Gasteiger partial charge in [-0.05, 0) is 11.6 Å². The van der Waals surface area contributed by atoms with Gasteiger partial charge in [-0.25, -0.2) is 4.79 Å². The highest BCUT2D eigenvalue weighted by atomic mass is 16.5. The Kier molecular flexibility index (Phi) is 3.05. The highest BCUT2D eigenvalue weighted by Crippen LogP contribution is 2.36. The number of aliphatic hydroxyl groups is 1. The van der Waals surface area contributed by atoms with Gasteiger partial charge in [0.1, 0.15) is 6.10 Å². The molecule has 19 heavy (non-hydrogen) atoms. The van der Waals surface area contributed by atoms with Crippen LogP contribution in [0.25, 0.3) is 0 Å². The summed E-state index contributed by atoms with van der Waals surface area (Å²) in [4.78, 5) is 11.7. The van der Waals surface area contributed by atoms with Gasteiger partial charge in [-0.3, -0.25) is 0 Å². The van der Waals surface area contributed by atoms with Crippen LogP contribution in [0.3, 0.4) is 0 Å². The molecule has 0 bridgehead atoms. The Morgan fingerprint density at radius 1 is 1.05 bits per heavy atom. The minimum absolute atomic E-state index is 0.305. The lowest BCUT2D eigenvalue weighted by molar-refractivity contribution is 0.0234. The molecule has 0 amide bonds. The maximum Gasteiger partial charge on any atom is 0.339 e. The molecule has 1 heterocycles. The van der Waals surface area contributed by atoms with Crippen LogP contribution in [0.2, 0.25) is 0 Å². The average Bonchev–Trinajstić information content (AvgIpc) is 2.77. The monoisotopic (exact) mass is 254 g/mol. The number of ether oxygens (including phenoxy) is 1. The summed E-state index contributed by atoms with van der Waals surface area (Å²) in [6, 6.07) is 16.7. The number of fused-ring (bicyclic) bond motifs is 1. The molecule has 3 heteroatoms. The van der Waals surface area contributed by atoms with Gasteiger partial charge in [0.05, 0.1) is 11.7 Å². The van der Waals surface area contributed by atoms with Crippen LogP contribution in [-0.4, -0.2) is 11.1 Å². The minimum atomic E-state index is -0.634. The molecule has 0 aliphatic carbocycles. The maximum atomic E-state index is 11.7. The average molecular weight is 254 g/mol. The minimum Gasteiger partial charge on any atom is -0.454 e. The van der Waals surface area contributed by atoms with Crippen LogP contribution in [0.15, 0.2) is 54.6 Å². The molecule has 3 nitrogen and oxygen atoms in total. The van der Waals surface area contributed by atoms with E-state index in [2.05, 4.69) is 0 Å². The van der Waals surface area contributed by atoms with Crippen LogP contribution in [0, 0.1) is 0 Å². The topological polar surface area (TPSA) is 46.5 Å². The van der Waals surface area contributed by atoms with E-state index in [9.17, 15) is 9.90 Å². The molecule has 2 aromatic carbocycles. The number of esters is 1. The quantitative estimate of drug-likeness (QED) is 0.856. The summed E-state index contributed by atoms with van der Waals surface area (Å²) in [6.45, 7) is 0. The summed E-state index contributed by atoms with van der Waals surface area (Å²) in [5.41, 5.74) is 2.30. The van der Waals surface area contributed by atoms with Crippen molar-refractivity contribution in [2.45, 2.75) is 18.6 Å². The van der Waals surface area contributed by atoms with Gasteiger partial charge < -0.3 is 9.84 Å². The summed E-state index contributed by atoms with van der Waals surface area (Å²) >= 11 is 0. The number of hydrogen-bond donors (Lipinski definition) is 1. The SMILES string of the molecule is O=C1OC(C[C@H](O)c2ccccc2)c2ccccc21. The second-order valence-corrected chi connectivity index (χ2v) is 4.64. The number of benzene rings is 2. The van der Waals surface area contributed by atoms with Crippen molar-refractivity contribution >= 4 is 5.97 Å². The number of carbonyl (C=O) groups is 1. The number of carbonyl (C=O) groups excluding carboxylic acids is 1. The molecule has 1 aliphatic heterocycles. The molecule has 0 fully saturated rings. The van der Waals surface area contributed by atoms with E-state index in [1.165, 1.54) is 0 Å². The molecular formula is C16H14O3. The smallest absolute Gasteiger partial charge is 0.339 e. The molecule has 0 aromatic heterocycles. The zero-order chi connectivity index (χ0) is 13.2. The Balaban J connectivity index is 1.81. The second kappa shape index (κ2) is 4.86. The van der Waals surface area contributed by atoms with Crippen LogP contribution in [0.1, 0.15) is 40.1 Å². The molecule has 1 unspecified atom stereocenters. The first-order chi connectivity index (χ1) is 9.25. The predicted octanol–water partition coefficient (Wildman–Crippen LogP) is 3.02. The molecular weight excluding hydrogens is 240 g/mol. The molecule has 96 valence electrons. The molecule has 3 rings (SSSR count). The Morgan fingerprint density at radius 2 is 1.74 bits per heavy atom. The summed E-state index contributed by atoms with van der Waals surface area (Å²) in [7, 11) is 0. The number of hydrogen-bond acceptors (Lipinski definition) is 3. The fourth-order valence-electron chi connectivity index (χ4n) is 2.41. The van der Waals surface area contributed by atoms with E-state index in [-0.39, 0.29) is 12.1 Å². The lowest BCUT2D eigenvalue weighted by atomic mass is 9.97. The van der Waals surface area contributed by atoms with E-state index >= 15 is 0 Å². The van der Waals surface area contributed by atoms with E-state index in [1.807, 2.05) is 48.5 Å². The van der Waals surface area contributed by atoms with Crippen LogP contribution in [0.4, 0.5) is 0 Å². The van der Waals surface area contributed by atoms with Crippen LogP contribution < -0.4 is 0 Å². The fraction of sp³-hybridized carbons (Fsp3) is 0.188. The molecule has 1 aliphatic rings. The molecule has 0 saturated heterocycles. The van der Waals surface area contributed by atoms with Gasteiger partial charge in [-0.2, -0.15) is 0 Å². The van der Waals surface area contributed by atoms with Gasteiger partial charge in [0, 0.05) is 12.0 Å². The summed E-state index contributed by atoms with van der Waals surface area (Å²) in [5.74, 6) is -0.305. The van der Waals surface area contributed by atoms with E-state index < -0.39 is 6.10 Å². The summed E-state index contributed by atoms with van der Waals surface area (Å²) < 4.78 is 5.32.